The quantitative estimate of drug-likeness (QED) is 0.907. The van der Waals surface area contributed by atoms with Gasteiger partial charge >= 0.3 is 0 Å². The molecule has 3 rings (SSSR count). The van der Waals surface area contributed by atoms with Gasteiger partial charge in [0.05, 0.1) is 11.8 Å². The molecule has 0 saturated carbocycles. The Kier molecular flexibility index (Phi) is 5.48. The van der Waals surface area contributed by atoms with Crippen LogP contribution in [0.2, 0.25) is 0 Å². The minimum atomic E-state index is -0.247. The molecule has 2 amide bonds. The third-order valence-electron chi connectivity index (χ3n) is 4.57. The van der Waals surface area contributed by atoms with Gasteiger partial charge in [0.25, 0.3) is 5.91 Å². The van der Waals surface area contributed by atoms with Crippen LogP contribution in [-0.2, 0) is 11.2 Å². The van der Waals surface area contributed by atoms with Crippen molar-refractivity contribution in [2.75, 3.05) is 19.6 Å². The molecule has 5 nitrogen and oxygen atoms in total. The van der Waals surface area contributed by atoms with Gasteiger partial charge in [0, 0.05) is 25.6 Å². The van der Waals surface area contributed by atoms with Crippen LogP contribution in [0.4, 0.5) is 4.39 Å². The van der Waals surface area contributed by atoms with E-state index in [-0.39, 0.29) is 23.5 Å². The molecule has 6 heteroatoms. The summed E-state index contributed by atoms with van der Waals surface area (Å²) in [6, 6.07) is 8.22. The summed E-state index contributed by atoms with van der Waals surface area (Å²) in [6.07, 6.45) is 4.65. The molecule has 0 bridgehead atoms. The topological polar surface area (TPSA) is 62.6 Å². The van der Waals surface area contributed by atoms with E-state index in [9.17, 15) is 14.0 Å². The van der Waals surface area contributed by atoms with E-state index in [1.807, 2.05) is 0 Å². The normalized spacial score (nSPS) is 15.2. The number of halogens is 1. The smallest absolute Gasteiger partial charge is 0.257 e. The first-order chi connectivity index (χ1) is 12.1. The van der Waals surface area contributed by atoms with E-state index in [0.29, 0.717) is 50.0 Å². The number of carbonyl (C=O) groups is 2. The zero-order chi connectivity index (χ0) is 17.6. The summed E-state index contributed by atoms with van der Waals surface area (Å²) < 4.78 is 18.5. The molecule has 1 fully saturated rings. The Balaban J connectivity index is 1.42. The van der Waals surface area contributed by atoms with Gasteiger partial charge in [0.2, 0.25) is 5.91 Å². The first-order valence-electron chi connectivity index (χ1n) is 8.48. The maximum atomic E-state index is 13.5. The summed E-state index contributed by atoms with van der Waals surface area (Å²) in [4.78, 5) is 26.2. The lowest BCUT2D eigenvalue weighted by molar-refractivity contribution is -0.126. The van der Waals surface area contributed by atoms with Gasteiger partial charge < -0.3 is 14.6 Å². The number of carbonyl (C=O) groups excluding carboxylic acids is 2. The molecule has 2 heterocycles. The van der Waals surface area contributed by atoms with Crippen LogP contribution in [0.3, 0.4) is 0 Å². The average molecular weight is 344 g/mol. The van der Waals surface area contributed by atoms with Gasteiger partial charge in [-0.2, -0.15) is 0 Å². The highest BCUT2D eigenvalue weighted by atomic mass is 19.1. The summed E-state index contributed by atoms with van der Waals surface area (Å²) in [5, 5.41) is 2.88. The Morgan fingerprint density at radius 3 is 2.64 bits per heavy atom. The van der Waals surface area contributed by atoms with Gasteiger partial charge in [-0.15, -0.1) is 0 Å². The minimum absolute atomic E-state index is 0.0215. The van der Waals surface area contributed by atoms with Gasteiger partial charge in [0.15, 0.2) is 0 Å². The lowest BCUT2D eigenvalue weighted by atomic mass is 9.95. The van der Waals surface area contributed by atoms with Crippen molar-refractivity contribution < 1.29 is 18.4 Å². The number of nitrogens with zero attached hydrogens (tertiary/aromatic N) is 1. The number of piperidine rings is 1. The van der Waals surface area contributed by atoms with Gasteiger partial charge in [0.1, 0.15) is 12.1 Å². The van der Waals surface area contributed by atoms with Crippen LogP contribution in [0, 0.1) is 11.7 Å². The summed E-state index contributed by atoms with van der Waals surface area (Å²) in [5.74, 6) is -0.434. The highest BCUT2D eigenvalue weighted by molar-refractivity contribution is 5.94. The Labute approximate surface area is 145 Å². The molecule has 1 N–H and O–H groups in total. The van der Waals surface area contributed by atoms with Gasteiger partial charge in [-0.3, -0.25) is 9.59 Å². The fraction of sp³-hybridized carbons (Fsp3) is 0.368. The van der Waals surface area contributed by atoms with Crippen LogP contribution in [0.5, 0.6) is 0 Å². The minimum Gasteiger partial charge on any atom is -0.472 e. The van der Waals surface area contributed by atoms with Crippen molar-refractivity contribution in [2.24, 2.45) is 5.92 Å². The zero-order valence-electron chi connectivity index (χ0n) is 13.9. The van der Waals surface area contributed by atoms with Crippen LogP contribution in [0.15, 0.2) is 47.3 Å². The van der Waals surface area contributed by atoms with Gasteiger partial charge in [-0.25, -0.2) is 4.39 Å². The number of hydrogen-bond donors (Lipinski definition) is 1. The molecule has 0 unspecified atom stereocenters. The predicted molar refractivity (Wildman–Crippen MR) is 90.4 cm³/mol. The maximum absolute atomic E-state index is 13.5. The Morgan fingerprint density at radius 2 is 1.96 bits per heavy atom. The molecule has 0 aliphatic carbocycles. The van der Waals surface area contributed by atoms with E-state index < -0.39 is 0 Å². The summed E-state index contributed by atoms with van der Waals surface area (Å²) in [7, 11) is 0. The number of nitrogens with one attached hydrogen (secondary N) is 1. The molecular weight excluding hydrogens is 323 g/mol. The van der Waals surface area contributed by atoms with Crippen LogP contribution >= 0.6 is 0 Å². The van der Waals surface area contributed by atoms with Crippen molar-refractivity contribution in [2.45, 2.75) is 19.3 Å². The summed E-state index contributed by atoms with van der Waals surface area (Å²) in [5.41, 5.74) is 1.14. The molecule has 1 aliphatic rings. The van der Waals surface area contributed by atoms with Crippen LogP contribution in [0.25, 0.3) is 0 Å². The second-order valence-electron chi connectivity index (χ2n) is 6.21. The molecule has 25 heavy (non-hydrogen) atoms. The number of furan rings is 1. The molecule has 0 atom stereocenters. The number of rotatable bonds is 5. The van der Waals surface area contributed by atoms with E-state index in [2.05, 4.69) is 5.32 Å². The molecule has 1 aromatic heterocycles. The van der Waals surface area contributed by atoms with E-state index in [4.69, 9.17) is 4.42 Å². The fourth-order valence-corrected chi connectivity index (χ4v) is 3.08. The molecule has 1 aliphatic heterocycles. The molecule has 0 radical (unpaired) electrons. The first kappa shape index (κ1) is 17.2. The predicted octanol–water partition coefficient (Wildman–Crippen LogP) is 2.63. The average Bonchev–Trinajstić information content (AvgIpc) is 3.17. The van der Waals surface area contributed by atoms with Gasteiger partial charge in [-0.1, -0.05) is 18.2 Å². The third-order valence-corrected chi connectivity index (χ3v) is 4.57. The van der Waals surface area contributed by atoms with Crippen LogP contribution in [0.1, 0.15) is 28.8 Å². The second-order valence-corrected chi connectivity index (χ2v) is 6.21. The SMILES string of the molecule is O=C(NCCc1ccccc1F)C1CCN(C(=O)c2ccoc2)CC1. The van der Waals surface area contributed by atoms with Crippen molar-refractivity contribution in [1.82, 2.24) is 10.2 Å². The van der Waals surface area contributed by atoms with Crippen molar-refractivity contribution >= 4 is 11.8 Å². The lowest BCUT2D eigenvalue weighted by Crippen LogP contribution is -2.43. The van der Waals surface area contributed by atoms with E-state index >= 15 is 0 Å². The van der Waals surface area contributed by atoms with Crippen molar-refractivity contribution in [3.8, 4) is 0 Å². The highest BCUT2D eigenvalue weighted by Crippen LogP contribution is 2.19. The third kappa shape index (κ3) is 4.26. The van der Waals surface area contributed by atoms with Crippen LogP contribution < -0.4 is 5.32 Å². The summed E-state index contributed by atoms with van der Waals surface area (Å²) in [6.45, 7) is 1.51. The number of benzene rings is 1. The fourth-order valence-electron chi connectivity index (χ4n) is 3.08. The molecule has 2 aromatic rings. The number of likely N-dealkylation sites (tertiary alicyclic amines) is 1. The molecule has 1 saturated heterocycles. The second kappa shape index (κ2) is 7.96. The Morgan fingerprint density at radius 1 is 1.20 bits per heavy atom. The zero-order valence-corrected chi connectivity index (χ0v) is 13.9. The molecule has 132 valence electrons. The standard InChI is InChI=1S/C19H21FN2O3/c20-17-4-2-1-3-14(17)5-9-21-18(23)15-6-10-22(11-7-15)19(24)16-8-12-25-13-16/h1-4,8,12-13,15H,5-7,9-11H2,(H,21,23). The first-order valence-corrected chi connectivity index (χ1v) is 8.48. The van der Waals surface area contributed by atoms with Crippen LogP contribution in [-0.4, -0.2) is 36.3 Å². The number of hydrogen-bond acceptors (Lipinski definition) is 3. The Bertz CT molecular complexity index is 722. The van der Waals surface area contributed by atoms with Crippen molar-refractivity contribution in [3.63, 3.8) is 0 Å². The largest absolute Gasteiger partial charge is 0.472 e. The van der Waals surface area contributed by atoms with Gasteiger partial charge in [-0.05, 0) is 37.0 Å². The lowest BCUT2D eigenvalue weighted by Gasteiger charge is -2.31. The van der Waals surface area contributed by atoms with E-state index in [1.54, 1.807) is 29.2 Å². The maximum Gasteiger partial charge on any atom is 0.257 e. The van der Waals surface area contributed by atoms with E-state index in [1.165, 1.54) is 18.6 Å². The van der Waals surface area contributed by atoms with Crippen molar-refractivity contribution in [1.29, 1.82) is 0 Å². The molecular formula is C19H21FN2O3. The van der Waals surface area contributed by atoms with Crippen molar-refractivity contribution in [3.05, 3.63) is 59.8 Å². The highest BCUT2D eigenvalue weighted by Gasteiger charge is 2.27. The summed E-state index contributed by atoms with van der Waals surface area (Å²) >= 11 is 0. The Hall–Kier alpha value is -2.63. The molecule has 0 spiro atoms. The van der Waals surface area contributed by atoms with E-state index in [0.717, 1.165) is 0 Å². The molecule has 1 aromatic carbocycles. The monoisotopic (exact) mass is 344 g/mol. The number of amides is 2.